The first-order chi connectivity index (χ1) is 6.63. The molecule has 1 rings (SSSR count). The smallest absolute Gasteiger partial charge is 0.142 e. The second kappa shape index (κ2) is 4.58. The van der Waals surface area contributed by atoms with Crippen LogP contribution in [0.5, 0.6) is 0 Å². The van der Waals surface area contributed by atoms with Gasteiger partial charge < -0.3 is 10.6 Å². The summed E-state index contributed by atoms with van der Waals surface area (Å²) in [5.74, 6) is 0. The highest BCUT2D eigenvalue weighted by molar-refractivity contribution is 5.48. The highest BCUT2D eigenvalue weighted by Gasteiger charge is 2.04. The van der Waals surface area contributed by atoms with E-state index >= 15 is 0 Å². The molecule has 2 N–H and O–H groups in total. The quantitative estimate of drug-likeness (QED) is 0.763. The first-order valence-electron chi connectivity index (χ1n) is 4.46. The number of likely N-dealkylation sites (N-methyl/N-ethyl adjacent to an activating group) is 1. The summed E-state index contributed by atoms with van der Waals surface area (Å²) >= 11 is 0. The third-order valence-electron chi connectivity index (χ3n) is 1.86. The van der Waals surface area contributed by atoms with Gasteiger partial charge in [0.25, 0.3) is 0 Å². The lowest BCUT2D eigenvalue weighted by Gasteiger charge is -2.21. The summed E-state index contributed by atoms with van der Waals surface area (Å²) in [4.78, 5) is 5.91. The van der Waals surface area contributed by atoms with Gasteiger partial charge in [0.2, 0.25) is 0 Å². The van der Waals surface area contributed by atoms with Gasteiger partial charge in [-0.3, -0.25) is 0 Å². The second-order valence-electron chi connectivity index (χ2n) is 3.37. The normalized spacial score (nSPS) is 11.9. The van der Waals surface area contributed by atoms with E-state index in [2.05, 4.69) is 4.98 Å². The van der Waals surface area contributed by atoms with E-state index in [-0.39, 0.29) is 6.04 Å². The lowest BCUT2D eigenvalue weighted by Crippen LogP contribution is -2.32. The predicted octanol–water partition coefficient (Wildman–Crippen LogP) is 0.737. The van der Waals surface area contributed by atoms with E-state index in [4.69, 9.17) is 11.0 Å². The zero-order chi connectivity index (χ0) is 10.6. The Hall–Kier alpha value is -1.60. The highest BCUT2D eigenvalue weighted by atomic mass is 15.1. The van der Waals surface area contributed by atoms with E-state index < -0.39 is 0 Å². The van der Waals surface area contributed by atoms with Gasteiger partial charge in [-0.15, -0.1) is 0 Å². The number of aromatic nitrogens is 1. The van der Waals surface area contributed by atoms with Gasteiger partial charge in [-0.2, -0.15) is 5.26 Å². The minimum atomic E-state index is 0.110. The van der Waals surface area contributed by atoms with Crippen LogP contribution in [-0.2, 0) is 0 Å². The van der Waals surface area contributed by atoms with Crippen LogP contribution >= 0.6 is 0 Å². The van der Waals surface area contributed by atoms with E-state index in [0.29, 0.717) is 5.69 Å². The fourth-order valence-electron chi connectivity index (χ4n) is 1.26. The monoisotopic (exact) mass is 190 g/mol. The van der Waals surface area contributed by atoms with Crippen molar-refractivity contribution in [1.82, 2.24) is 4.98 Å². The fraction of sp³-hybridized carbons (Fsp3) is 0.400. The molecular formula is C10H14N4. The summed E-state index contributed by atoms with van der Waals surface area (Å²) in [5.41, 5.74) is 7.08. The zero-order valence-corrected chi connectivity index (χ0v) is 8.44. The minimum absolute atomic E-state index is 0.110. The van der Waals surface area contributed by atoms with Gasteiger partial charge in [-0.1, -0.05) is 0 Å². The Kier molecular flexibility index (Phi) is 3.43. The molecule has 0 amide bonds. The van der Waals surface area contributed by atoms with Crippen molar-refractivity contribution < 1.29 is 0 Å². The van der Waals surface area contributed by atoms with Crippen molar-refractivity contribution in [1.29, 1.82) is 5.26 Å². The second-order valence-corrected chi connectivity index (χ2v) is 3.37. The summed E-state index contributed by atoms with van der Waals surface area (Å²) in [7, 11) is 1.94. The number of nitrogens with zero attached hydrogens (tertiary/aromatic N) is 3. The summed E-state index contributed by atoms with van der Waals surface area (Å²) in [5, 5.41) is 8.67. The van der Waals surface area contributed by atoms with Gasteiger partial charge in [0.1, 0.15) is 11.8 Å². The molecule has 1 atom stereocenters. The lowest BCUT2D eigenvalue weighted by molar-refractivity contribution is 0.717. The summed E-state index contributed by atoms with van der Waals surface area (Å²) in [6, 6.07) is 5.73. The first kappa shape index (κ1) is 10.5. The molecule has 1 aromatic heterocycles. The number of hydrogen-bond acceptors (Lipinski definition) is 4. The van der Waals surface area contributed by atoms with E-state index in [9.17, 15) is 0 Å². The van der Waals surface area contributed by atoms with Crippen LogP contribution in [0.15, 0.2) is 18.3 Å². The molecule has 4 nitrogen and oxygen atoms in total. The Bertz CT molecular complexity index is 340. The molecule has 1 aromatic rings. The van der Waals surface area contributed by atoms with Crippen molar-refractivity contribution in [2.75, 3.05) is 18.5 Å². The SMILES string of the molecule is CC(N)CN(C)c1ccnc(C#N)c1. The number of nitrogens with two attached hydrogens (primary N) is 1. The average molecular weight is 190 g/mol. The molecule has 0 fully saturated rings. The van der Waals surface area contributed by atoms with Crippen molar-refractivity contribution in [3.63, 3.8) is 0 Å². The van der Waals surface area contributed by atoms with E-state index in [1.807, 2.05) is 31.0 Å². The Morgan fingerprint density at radius 2 is 2.43 bits per heavy atom. The van der Waals surface area contributed by atoms with Crippen LogP contribution in [-0.4, -0.2) is 24.6 Å². The van der Waals surface area contributed by atoms with Crippen molar-refractivity contribution >= 4 is 5.69 Å². The molecule has 0 aromatic carbocycles. The van der Waals surface area contributed by atoms with Gasteiger partial charge in [-0.05, 0) is 19.1 Å². The molecule has 0 aliphatic heterocycles. The van der Waals surface area contributed by atoms with Crippen molar-refractivity contribution in [3.8, 4) is 6.07 Å². The number of anilines is 1. The summed E-state index contributed by atoms with van der Waals surface area (Å²) in [6.07, 6.45) is 1.63. The van der Waals surface area contributed by atoms with E-state index in [1.165, 1.54) is 0 Å². The third kappa shape index (κ3) is 2.71. The van der Waals surface area contributed by atoms with Crippen molar-refractivity contribution in [3.05, 3.63) is 24.0 Å². The van der Waals surface area contributed by atoms with Crippen LogP contribution in [0.4, 0.5) is 5.69 Å². The largest absolute Gasteiger partial charge is 0.373 e. The molecule has 1 unspecified atom stereocenters. The topological polar surface area (TPSA) is 65.9 Å². The molecule has 1 heterocycles. The van der Waals surface area contributed by atoms with Crippen LogP contribution in [0.1, 0.15) is 12.6 Å². The van der Waals surface area contributed by atoms with Gasteiger partial charge in [0, 0.05) is 31.5 Å². The van der Waals surface area contributed by atoms with Gasteiger partial charge in [0.05, 0.1) is 0 Å². The standard InChI is InChI=1S/C10H14N4/c1-8(12)7-14(2)10-3-4-13-9(5-10)6-11/h3-5,8H,7,12H2,1-2H3. The third-order valence-corrected chi connectivity index (χ3v) is 1.86. The van der Waals surface area contributed by atoms with Crippen LogP contribution < -0.4 is 10.6 Å². The minimum Gasteiger partial charge on any atom is -0.373 e. The zero-order valence-electron chi connectivity index (χ0n) is 8.44. The maximum atomic E-state index is 8.67. The van der Waals surface area contributed by atoms with Crippen molar-refractivity contribution in [2.45, 2.75) is 13.0 Å². The molecule has 0 aliphatic rings. The van der Waals surface area contributed by atoms with Crippen LogP contribution in [0, 0.1) is 11.3 Å². The summed E-state index contributed by atoms with van der Waals surface area (Å²) in [6.45, 7) is 2.71. The van der Waals surface area contributed by atoms with Gasteiger partial charge in [-0.25, -0.2) is 4.98 Å². The molecule has 0 saturated heterocycles. The molecular weight excluding hydrogens is 176 g/mol. The van der Waals surface area contributed by atoms with Gasteiger partial charge >= 0.3 is 0 Å². The Balaban J connectivity index is 2.80. The molecule has 0 saturated carbocycles. The van der Waals surface area contributed by atoms with E-state index in [0.717, 1.165) is 12.2 Å². The molecule has 0 radical (unpaired) electrons. The summed E-state index contributed by atoms with van der Waals surface area (Å²) < 4.78 is 0. The van der Waals surface area contributed by atoms with E-state index in [1.54, 1.807) is 12.3 Å². The number of hydrogen-bond donors (Lipinski definition) is 1. The Labute approximate surface area is 84.0 Å². The molecule has 4 heteroatoms. The molecule has 0 spiro atoms. The molecule has 0 bridgehead atoms. The maximum Gasteiger partial charge on any atom is 0.142 e. The van der Waals surface area contributed by atoms with Gasteiger partial charge in [0.15, 0.2) is 0 Å². The van der Waals surface area contributed by atoms with Crippen LogP contribution in [0.2, 0.25) is 0 Å². The predicted molar refractivity (Wildman–Crippen MR) is 55.9 cm³/mol. The average Bonchev–Trinajstić information content (AvgIpc) is 2.17. The first-order valence-corrected chi connectivity index (χ1v) is 4.46. The molecule has 74 valence electrons. The fourth-order valence-corrected chi connectivity index (χ4v) is 1.26. The maximum absolute atomic E-state index is 8.67. The number of rotatable bonds is 3. The molecule has 0 aliphatic carbocycles. The Morgan fingerprint density at radius 3 is 3.00 bits per heavy atom. The number of pyridine rings is 1. The van der Waals surface area contributed by atoms with Crippen LogP contribution in [0.25, 0.3) is 0 Å². The highest BCUT2D eigenvalue weighted by Crippen LogP contribution is 2.12. The Morgan fingerprint density at radius 1 is 1.71 bits per heavy atom. The molecule has 14 heavy (non-hydrogen) atoms. The lowest BCUT2D eigenvalue weighted by atomic mass is 10.2. The number of nitriles is 1. The van der Waals surface area contributed by atoms with Crippen LogP contribution in [0.3, 0.4) is 0 Å². The van der Waals surface area contributed by atoms with Crippen molar-refractivity contribution in [2.24, 2.45) is 5.73 Å².